The third kappa shape index (κ3) is 3.12. The van der Waals surface area contributed by atoms with E-state index in [4.69, 9.17) is 27.9 Å². The molecule has 1 atom stereocenters. The minimum Gasteiger partial charge on any atom is -0.488 e. The lowest BCUT2D eigenvalue weighted by molar-refractivity contribution is 0.0933. The molecule has 3 rings (SSSR count). The van der Waals surface area contributed by atoms with E-state index >= 15 is 0 Å². The van der Waals surface area contributed by atoms with Crippen molar-refractivity contribution < 1.29 is 9.53 Å². The van der Waals surface area contributed by atoms with Gasteiger partial charge in [0.2, 0.25) is 0 Å². The highest BCUT2D eigenvalue weighted by atomic mass is 35.5. The highest BCUT2D eigenvalue weighted by Crippen LogP contribution is 2.27. The minimum absolute atomic E-state index is 0.0672. The van der Waals surface area contributed by atoms with Gasteiger partial charge in [0.25, 0.3) is 5.91 Å². The summed E-state index contributed by atoms with van der Waals surface area (Å²) >= 11 is 11.7. The lowest BCUT2D eigenvalue weighted by Gasteiger charge is -2.12. The molecule has 1 aromatic carbocycles. The number of amides is 1. The molecule has 0 saturated carbocycles. The van der Waals surface area contributed by atoms with E-state index in [0.29, 0.717) is 12.1 Å². The van der Waals surface area contributed by atoms with Crippen molar-refractivity contribution in [1.82, 2.24) is 10.3 Å². The average Bonchev–Trinajstić information content (AvgIpc) is 2.90. The van der Waals surface area contributed by atoms with Crippen molar-refractivity contribution in [2.45, 2.75) is 12.5 Å². The fourth-order valence-electron chi connectivity index (χ4n) is 2.26. The molecule has 1 amide bonds. The summed E-state index contributed by atoms with van der Waals surface area (Å²) in [4.78, 5) is 15.9. The van der Waals surface area contributed by atoms with Crippen LogP contribution in [0.5, 0.6) is 5.75 Å². The van der Waals surface area contributed by atoms with Crippen LogP contribution in [-0.4, -0.2) is 23.5 Å². The Morgan fingerprint density at radius 3 is 3.00 bits per heavy atom. The summed E-state index contributed by atoms with van der Waals surface area (Å²) in [6, 6.07) is 9.30. The average molecular weight is 323 g/mol. The van der Waals surface area contributed by atoms with Crippen molar-refractivity contribution in [2.75, 3.05) is 6.54 Å². The first-order valence-electron chi connectivity index (χ1n) is 6.47. The fourth-order valence-corrected chi connectivity index (χ4v) is 2.60. The van der Waals surface area contributed by atoms with Crippen LogP contribution in [0.4, 0.5) is 0 Å². The van der Waals surface area contributed by atoms with E-state index in [0.717, 1.165) is 17.7 Å². The molecule has 1 N–H and O–H groups in total. The zero-order valence-electron chi connectivity index (χ0n) is 11.0. The van der Waals surface area contributed by atoms with Gasteiger partial charge in [-0.2, -0.15) is 0 Å². The summed E-state index contributed by atoms with van der Waals surface area (Å²) < 4.78 is 5.76. The van der Waals surface area contributed by atoms with E-state index in [1.807, 2.05) is 24.3 Å². The number of pyridine rings is 1. The molecule has 0 spiro atoms. The summed E-state index contributed by atoms with van der Waals surface area (Å²) in [7, 11) is 0. The van der Waals surface area contributed by atoms with Gasteiger partial charge in [0.15, 0.2) is 0 Å². The largest absolute Gasteiger partial charge is 0.488 e. The molecule has 1 aliphatic rings. The lowest BCUT2D eigenvalue weighted by Crippen LogP contribution is -2.34. The van der Waals surface area contributed by atoms with Gasteiger partial charge in [-0.05, 0) is 17.7 Å². The molecule has 2 heterocycles. The molecule has 6 heteroatoms. The lowest BCUT2D eigenvalue weighted by atomic mass is 10.1. The Bertz CT molecular complexity index is 666. The fraction of sp³-hybridized carbons (Fsp3) is 0.200. The highest BCUT2D eigenvalue weighted by molar-refractivity contribution is 6.35. The molecule has 108 valence electrons. The molecule has 1 aromatic heterocycles. The molecule has 21 heavy (non-hydrogen) atoms. The molecule has 0 saturated heterocycles. The van der Waals surface area contributed by atoms with Gasteiger partial charge in [-0.3, -0.25) is 4.79 Å². The van der Waals surface area contributed by atoms with Gasteiger partial charge in [-0.15, -0.1) is 0 Å². The number of rotatable bonds is 3. The second-order valence-electron chi connectivity index (χ2n) is 4.75. The maximum Gasteiger partial charge on any atom is 0.253 e. The van der Waals surface area contributed by atoms with Crippen molar-refractivity contribution in [1.29, 1.82) is 0 Å². The van der Waals surface area contributed by atoms with Crippen LogP contribution in [0.15, 0.2) is 36.5 Å². The third-order valence-electron chi connectivity index (χ3n) is 3.27. The summed E-state index contributed by atoms with van der Waals surface area (Å²) in [5.41, 5.74) is 1.47. The van der Waals surface area contributed by atoms with Crippen molar-refractivity contribution in [3.63, 3.8) is 0 Å². The number of nitrogens with zero attached hydrogens (tertiary/aromatic N) is 1. The topological polar surface area (TPSA) is 51.2 Å². The normalized spacial score (nSPS) is 16.2. The van der Waals surface area contributed by atoms with Crippen LogP contribution in [0.3, 0.4) is 0 Å². The monoisotopic (exact) mass is 322 g/mol. The number of carbonyl (C=O) groups is 1. The molecular weight excluding hydrogens is 311 g/mol. The zero-order chi connectivity index (χ0) is 14.8. The van der Waals surface area contributed by atoms with Crippen LogP contribution in [-0.2, 0) is 6.42 Å². The number of para-hydroxylation sites is 1. The predicted molar refractivity (Wildman–Crippen MR) is 81.2 cm³/mol. The predicted octanol–water partition coefficient (Wildman–Crippen LogP) is 3.12. The molecule has 0 aliphatic carbocycles. The Labute approximate surface area is 132 Å². The summed E-state index contributed by atoms with van der Waals surface area (Å²) in [6.07, 6.45) is 2.07. The Hall–Kier alpha value is -1.78. The van der Waals surface area contributed by atoms with E-state index in [1.54, 1.807) is 0 Å². The number of halogens is 2. The first-order chi connectivity index (χ1) is 10.1. The molecule has 1 aliphatic heterocycles. The molecule has 1 unspecified atom stereocenters. The standard InChI is InChI=1S/C15H12Cl2N2O2/c16-12-8-18-14(17)6-11(12)15(20)19-7-10-5-9-3-1-2-4-13(9)21-10/h1-4,6,8,10H,5,7H2,(H,19,20). The van der Waals surface area contributed by atoms with Crippen molar-refractivity contribution in [3.05, 3.63) is 57.8 Å². The van der Waals surface area contributed by atoms with Gasteiger partial charge in [0, 0.05) is 12.6 Å². The quantitative estimate of drug-likeness (QED) is 0.883. The van der Waals surface area contributed by atoms with E-state index in [1.165, 1.54) is 12.3 Å². The van der Waals surface area contributed by atoms with Gasteiger partial charge >= 0.3 is 0 Å². The van der Waals surface area contributed by atoms with E-state index in [-0.39, 0.29) is 22.2 Å². The number of ether oxygens (including phenoxy) is 1. The van der Waals surface area contributed by atoms with Gasteiger partial charge in [0.05, 0.1) is 17.1 Å². The summed E-state index contributed by atoms with van der Waals surface area (Å²) in [6.45, 7) is 0.407. The summed E-state index contributed by atoms with van der Waals surface area (Å²) in [5.74, 6) is 0.589. The second kappa shape index (κ2) is 5.92. The highest BCUT2D eigenvalue weighted by Gasteiger charge is 2.23. The smallest absolute Gasteiger partial charge is 0.253 e. The van der Waals surface area contributed by atoms with Gasteiger partial charge < -0.3 is 10.1 Å². The number of benzene rings is 1. The zero-order valence-corrected chi connectivity index (χ0v) is 12.5. The van der Waals surface area contributed by atoms with Gasteiger partial charge in [0.1, 0.15) is 17.0 Å². The van der Waals surface area contributed by atoms with Crippen LogP contribution >= 0.6 is 23.2 Å². The molecule has 2 aromatic rings. The van der Waals surface area contributed by atoms with Crippen LogP contribution in [0, 0.1) is 0 Å². The van der Waals surface area contributed by atoms with Gasteiger partial charge in [-0.1, -0.05) is 41.4 Å². The van der Waals surface area contributed by atoms with E-state index in [9.17, 15) is 4.79 Å². The second-order valence-corrected chi connectivity index (χ2v) is 5.54. The van der Waals surface area contributed by atoms with Crippen LogP contribution in [0.1, 0.15) is 15.9 Å². The molecular formula is C15H12Cl2N2O2. The van der Waals surface area contributed by atoms with E-state index < -0.39 is 0 Å². The molecule has 4 nitrogen and oxygen atoms in total. The maximum atomic E-state index is 12.1. The Kier molecular flexibility index (Phi) is 3.99. The van der Waals surface area contributed by atoms with E-state index in [2.05, 4.69) is 10.3 Å². The first kappa shape index (κ1) is 14.2. The Morgan fingerprint density at radius 1 is 1.38 bits per heavy atom. The molecule has 0 bridgehead atoms. The molecule has 0 radical (unpaired) electrons. The van der Waals surface area contributed by atoms with Crippen molar-refractivity contribution in [2.24, 2.45) is 0 Å². The van der Waals surface area contributed by atoms with Crippen molar-refractivity contribution >= 4 is 29.1 Å². The number of fused-ring (bicyclic) bond motifs is 1. The summed E-state index contributed by atoms with van der Waals surface area (Å²) in [5, 5.41) is 3.31. The van der Waals surface area contributed by atoms with Crippen LogP contribution < -0.4 is 10.1 Å². The van der Waals surface area contributed by atoms with Crippen LogP contribution in [0.25, 0.3) is 0 Å². The number of hydrogen-bond acceptors (Lipinski definition) is 3. The van der Waals surface area contributed by atoms with Crippen molar-refractivity contribution in [3.8, 4) is 5.75 Å². The Balaban J connectivity index is 1.61. The SMILES string of the molecule is O=C(NCC1Cc2ccccc2O1)c1cc(Cl)ncc1Cl. The number of aromatic nitrogens is 1. The molecule has 0 fully saturated rings. The first-order valence-corrected chi connectivity index (χ1v) is 7.23. The number of nitrogens with one attached hydrogen (secondary N) is 1. The number of carbonyl (C=O) groups excluding carboxylic acids is 1. The van der Waals surface area contributed by atoms with Crippen LogP contribution in [0.2, 0.25) is 10.2 Å². The Morgan fingerprint density at radius 2 is 2.19 bits per heavy atom. The third-order valence-corrected chi connectivity index (χ3v) is 3.78. The maximum absolute atomic E-state index is 12.1. The van der Waals surface area contributed by atoms with Gasteiger partial charge in [-0.25, -0.2) is 4.98 Å². The number of hydrogen-bond donors (Lipinski definition) is 1. The minimum atomic E-state index is -0.288.